The van der Waals surface area contributed by atoms with Gasteiger partial charge in [-0.2, -0.15) is 0 Å². The zero-order valence-electron chi connectivity index (χ0n) is 10.8. The Morgan fingerprint density at radius 2 is 2.28 bits per heavy atom. The van der Waals surface area contributed by atoms with Gasteiger partial charge in [0.05, 0.1) is 5.60 Å². The van der Waals surface area contributed by atoms with Crippen molar-refractivity contribution in [1.82, 2.24) is 5.32 Å². The summed E-state index contributed by atoms with van der Waals surface area (Å²) in [5.41, 5.74) is 0.0698. The van der Waals surface area contributed by atoms with Crippen LogP contribution in [0, 0.1) is 0 Å². The summed E-state index contributed by atoms with van der Waals surface area (Å²) in [6, 6.07) is 7.56. The molecule has 98 valence electrons. The van der Waals surface area contributed by atoms with E-state index < -0.39 is 5.60 Å². The number of para-hydroxylation sites is 1. The second-order valence-corrected chi connectivity index (χ2v) is 4.97. The first kappa shape index (κ1) is 12.9. The molecule has 2 N–H and O–H groups in total. The van der Waals surface area contributed by atoms with Crippen LogP contribution in [0.3, 0.4) is 0 Å². The monoisotopic (exact) mass is 249 g/mol. The predicted octanol–water partition coefficient (Wildman–Crippen LogP) is 1.44. The standard InChI is InChI=1S/C14H19NO3/c1-3-14(2,17)9-15-13(16)11-8-18-12-7-5-4-6-10(11)12/h4-7,11,17H,3,8-9H2,1-2H3,(H,15,16). The third-order valence-electron chi connectivity index (χ3n) is 3.42. The Hall–Kier alpha value is -1.55. The number of benzene rings is 1. The molecule has 1 aromatic carbocycles. The van der Waals surface area contributed by atoms with E-state index in [4.69, 9.17) is 4.74 Å². The highest BCUT2D eigenvalue weighted by molar-refractivity contribution is 5.85. The highest BCUT2D eigenvalue weighted by atomic mass is 16.5. The molecule has 2 atom stereocenters. The topological polar surface area (TPSA) is 58.6 Å². The molecule has 0 aliphatic carbocycles. The van der Waals surface area contributed by atoms with E-state index in [1.54, 1.807) is 6.92 Å². The molecule has 0 saturated carbocycles. The maximum atomic E-state index is 12.1. The highest BCUT2D eigenvalue weighted by Crippen LogP contribution is 2.33. The predicted molar refractivity (Wildman–Crippen MR) is 68.6 cm³/mol. The number of hydrogen-bond donors (Lipinski definition) is 2. The number of ether oxygens (including phenoxy) is 1. The molecule has 2 unspecified atom stereocenters. The summed E-state index contributed by atoms with van der Waals surface area (Å²) in [4.78, 5) is 12.1. The normalized spacial score (nSPS) is 20.7. The summed E-state index contributed by atoms with van der Waals surface area (Å²) in [7, 11) is 0. The molecule has 0 fully saturated rings. The minimum absolute atomic E-state index is 0.0892. The quantitative estimate of drug-likeness (QED) is 0.849. The zero-order valence-corrected chi connectivity index (χ0v) is 10.8. The van der Waals surface area contributed by atoms with Crippen LogP contribution < -0.4 is 10.1 Å². The molecule has 1 aliphatic heterocycles. The summed E-state index contributed by atoms with van der Waals surface area (Å²) in [5.74, 6) is 0.419. The number of fused-ring (bicyclic) bond motifs is 1. The van der Waals surface area contributed by atoms with Gasteiger partial charge >= 0.3 is 0 Å². The minimum Gasteiger partial charge on any atom is -0.492 e. The SMILES string of the molecule is CCC(C)(O)CNC(=O)C1COc2ccccc21. The molecule has 2 rings (SSSR count). The van der Waals surface area contributed by atoms with E-state index >= 15 is 0 Å². The maximum Gasteiger partial charge on any atom is 0.231 e. The second kappa shape index (κ2) is 4.98. The number of nitrogens with one attached hydrogen (secondary N) is 1. The van der Waals surface area contributed by atoms with Crippen molar-refractivity contribution in [2.24, 2.45) is 0 Å². The van der Waals surface area contributed by atoms with Crippen LogP contribution in [0.4, 0.5) is 0 Å². The fourth-order valence-corrected chi connectivity index (χ4v) is 1.91. The fraction of sp³-hybridized carbons (Fsp3) is 0.500. The first-order valence-electron chi connectivity index (χ1n) is 6.25. The van der Waals surface area contributed by atoms with Crippen molar-refractivity contribution in [3.8, 4) is 5.75 Å². The number of aliphatic hydroxyl groups is 1. The molecule has 0 saturated heterocycles. The summed E-state index contributed by atoms with van der Waals surface area (Å²) < 4.78 is 5.47. The molecular weight excluding hydrogens is 230 g/mol. The van der Waals surface area contributed by atoms with Crippen molar-refractivity contribution in [1.29, 1.82) is 0 Å². The molecule has 1 aromatic rings. The average molecular weight is 249 g/mol. The maximum absolute atomic E-state index is 12.1. The Morgan fingerprint density at radius 1 is 1.56 bits per heavy atom. The van der Waals surface area contributed by atoms with E-state index in [9.17, 15) is 9.90 Å². The van der Waals surface area contributed by atoms with Crippen LogP contribution in [0.15, 0.2) is 24.3 Å². The molecule has 1 amide bonds. The third kappa shape index (κ3) is 2.64. The molecular formula is C14H19NO3. The van der Waals surface area contributed by atoms with E-state index in [0.29, 0.717) is 13.0 Å². The van der Waals surface area contributed by atoms with Gasteiger partial charge in [-0.15, -0.1) is 0 Å². The van der Waals surface area contributed by atoms with Gasteiger partial charge in [-0.05, 0) is 19.4 Å². The van der Waals surface area contributed by atoms with Crippen molar-refractivity contribution >= 4 is 5.91 Å². The van der Waals surface area contributed by atoms with Crippen LogP contribution in [-0.2, 0) is 4.79 Å². The summed E-state index contributed by atoms with van der Waals surface area (Å²) in [6.45, 7) is 4.24. The number of carbonyl (C=O) groups is 1. The molecule has 1 heterocycles. The van der Waals surface area contributed by atoms with Gasteiger partial charge < -0.3 is 15.2 Å². The minimum atomic E-state index is -0.853. The Bertz CT molecular complexity index is 442. The molecule has 4 heteroatoms. The van der Waals surface area contributed by atoms with Crippen molar-refractivity contribution in [2.45, 2.75) is 31.8 Å². The number of amides is 1. The van der Waals surface area contributed by atoms with Crippen LogP contribution in [0.5, 0.6) is 5.75 Å². The van der Waals surface area contributed by atoms with Gasteiger partial charge in [-0.25, -0.2) is 0 Å². The van der Waals surface area contributed by atoms with Gasteiger partial charge in [0.2, 0.25) is 5.91 Å². The van der Waals surface area contributed by atoms with Gasteiger partial charge in [-0.3, -0.25) is 4.79 Å². The van der Waals surface area contributed by atoms with Crippen LogP contribution in [-0.4, -0.2) is 29.8 Å². The smallest absolute Gasteiger partial charge is 0.231 e. The highest BCUT2D eigenvalue weighted by Gasteiger charge is 2.31. The van der Waals surface area contributed by atoms with Gasteiger partial charge in [0.1, 0.15) is 18.3 Å². The number of rotatable bonds is 4. The first-order chi connectivity index (χ1) is 8.53. The second-order valence-electron chi connectivity index (χ2n) is 4.97. The van der Waals surface area contributed by atoms with Crippen LogP contribution >= 0.6 is 0 Å². The van der Waals surface area contributed by atoms with Crippen molar-refractivity contribution in [3.63, 3.8) is 0 Å². The molecule has 0 spiro atoms. The van der Waals surface area contributed by atoms with E-state index in [2.05, 4.69) is 5.32 Å². The summed E-state index contributed by atoms with van der Waals surface area (Å²) >= 11 is 0. The van der Waals surface area contributed by atoms with Gasteiger partial charge in [0.25, 0.3) is 0 Å². The Labute approximate surface area is 107 Å². The molecule has 0 bridgehead atoms. The Morgan fingerprint density at radius 3 is 3.00 bits per heavy atom. The van der Waals surface area contributed by atoms with Crippen LogP contribution in [0.25, 0.3) is 0 Å². The molecule has 0 aromatic heterocycles. The zero-order chi connectivity index (χ0) is 13.2. The van der Waals surface area contributed by atoms with E-state index in [-0.39, 0.29) is 18.4 Å². The Balaban J connectivity index is 2.00. The summed E-state index contributed by atoms with van der Waals surface area (Å²) in [5, 5.41) is 12.7. The number of carbonyl (C=O) groups excluding carboxylic acids is 1. The Kier molecular flexibility index (Phi) is 3.57. The third-order valence-corrected chi connectivity index (χ3v) is 3.42. The lowest BCUT2D eigenvalue weighted by Crippen LogP contribution is -2.42. The van der Waals surface area contributed by atoms with Crippen molar-refractivity contribution in [3.05, 3.63) is 29.8 Å². The van der Waals surface area contributed by atoms with Crippen molar-refractivity contribution < 1.29 is 14.6 Å². The lowest BCUT2D eigenvalue weighted by molar-refractivity contribution is -0.123. The molecule has 18 heavy (non-hydrogen) atoms. The van der Waals surface area contributed by atoms with Gasteiger partial charge in [-0.1, -0.05) is 25.1 Å². The molecule has 1 aliphatic rings. The fourth-order valence-electron chi connectivity index (χ4n) is 1.91. The van der Waals surface area contributed by atoms with Gasteiger partial charge in [0, 0.05) is 12.1 Å². The lowest BCUT2D eigenvalue weighted by atomic mass is 9.99. The largest absolute Gasteiger partial charge is 0.492 e. The van der Waals surface area contributed by atoms with Crippen molar-refractivity contribution in [2.75, 3.05) is 13.2 Å². The molecule has 4 nitrogen and oxygen atoms in total. The van der Waals surface area contributed by atoms with Crippen LogP contribution in [0.2, 0.25) is 0 Å². The molecule has 0 radical (unpaired) electrons. The van der Waals surface area contributed by atoms with Gasteiger partial charge in [0.15, 0.2) is 0 Å². The van der Waals surface area contributed by atoms with Crippen LogP contribution in [0.1, 0.15) is 31.7 Å². The number of hydrogen-bond acceptors (Lipinski definition) is 3. The average Bonchev–Trinajstić information content (AvgIpc) is 2.80. The lowest BCUT2D eigenvalue weighted by Gasteiger charge is -2.22. The first-order valence-corrected chi connectivity index (χ1v) is 6.25. The summed E-state index contributed by atoms with van der Waals surface area (Å²) in [6.07, 6.45) is 0.602. The van der Waals surface area contributed by atoms with E-state index in [1.807, 2.05) is 31.2 Å². The van der Waals surface area contributed by atoms with E-state index in [0.717, 1.165) is 11.3 Å². The van der Waals surface area contributed by atoms with E-state index in [1.165, 1.54) is 0 Å².